The van der Waals surface area contributed by atoms with Crippen molar-refractivity contribution in [2.75, 3.05) is 0 Å². The molecule has 5 aromatic carbocycles. The number of benzene rings is 5. The van der Waals surface area contributed by atoms with Crippen molar-refractivity contribution in [3.05, 3.63) is 131 Å². The zero-order valence-electron chi connectivity index (χ0n) is 28.5. The third kappa shape index (κ3) is 3.43. The van der Waals surface area contributed by atoms with Gasteiger partial charge in [-0.25, -0.2) is 0 Å². The van der Waals surface area contributed by atoms with Crippen LogP contribution in [0.15, 0.2) is 52.8 Å². The van der Waals surface area contributed by atoms with E-state index in [1.807, 2.05) is 11.8 Å². The van der Waals surface area contributed by atoms with Gasteiger partial charge in [-0.15, -0.1) is 0 Å². The fourth-order valence-electron chi connectivity index (χ4n) is 8.71. The van der Waals surface area contributed by atoms with E-state index in [9.17, 15) is 0 Å². The highest BCUT2D eigenvalue weighted by Gasteiger charge is 2.48. The van der Waals surface area contributed by atoms with Crippen LogP contribution in [0.1, 0.15) is 83.5 Å². The van der Waals surface area contributed by atoms with Gasteiger partial charge in [-0.2, -0.15) is 0 Å². The van der Waals surface area contributed by atoms with Gasteiger partial charge in [-0.1, -0.05) is 54.2 Å². The quantitative estimate of drug-likeness (QED) is 0.172. The second kappa shape index (κ2) is 9.72. The summed E-state index contributed by atoms with van der Waals surface area (Å²) in [6.07, 6.45) is 2.57. The molecule has 0 nitrogen and oxygen atoms in total. The maximum absolute atomic E-state index is 2.57. The molecule has 0 N–H and O–H groups in total. The fourth-order valence-corrected chi connectivity index (χ4v) is 9.79. The summed E-state index contributed by atoms with van der Waals surface area (Å²) in [5.41, 5.74) is 26.7. The van der Waals surface area contributed by atoms with Gasteiger partial charge in [-0.05, 0) is 205 Å². The lowest BCUT2D eigenvalue weighted by molar-refractivity contribution is 0.746. The SMILES string of the molecule is Cc1c(C)c(C)c2c(c1C)-c1c(C)c(C)c(C)c(C)c1C1(C=CSc3c1ccc1ccccc31)c1c(C)c(C)c(C)c(C)c1-2. The van der Waals surface area contributed by atoms with Gasteiger partial charge in [0.25, 0.3) is 0 Å². The molecule has 1 heterocycles. The molecule has 0 aromatic heterocycles. The Bertz CT molecular complexity index is 2050. The molecule has 0 radical (unpaired) electrons. The van der Waals surface area contributed by atoms with Gasteiger partial charge in [0, 0.05) is 4.90 Å². The normalized spacial score (nSPS) is 14.4. The summed E-state index contributed by atoms with van der Waals surface area (Å²) in [6.45, 7) is 28.4. The Morgan fingerprint density at radius 1 is 0.432 bits per heavy atom. The predicted molar refractivity (Wildman–Crippen MR) is 193 cm³/mol. The van der Waals surface area contributed by atoms with Crippen molar-refractivity contribution in [1.82, 2.24) is 0 Å². The summed E-state index contributed by atoms with van der Waals surface area (Å²) in [6, 6.07) is 13.8. The monoisotopic (exact) mass is 592 g/mol. The number of hydrogen-bond donors (Lipinski definition) is 0. The molecule has 222 valence electrons. The van der Waals surface area contributed by atoms with Gasteiger partial charge in [0.2, 0.25) is 0 Å². The minimum atomic E-state index is -0.435. The standard InChI is InChI=1S/C43H44S/c1-21-22(2)28(8)37-36(27(21)7)38-29(9)23(3)25(5)31(11)40(38)43(41-32(12)26(6)24(4)30(10)39(37)41)19-20-44-42-34-16-14-13-15-33(34)17-18-35(42)43/h13-20H,1-12H3. The smallest absolute Gasteiger partial charge is 0.0668 e. The van der Waals surface area contributed by atoms with E-state index < -0.39 is 5.41 Å². The predicted octanol–water partition coefficient (Wildman–Crippen LogP) is 12.1. The maximum Gasteiger partial charge on any atom is 0.0668 e. The zero-order chi connectivity index (χ0) is 31.6. The molecule has 0 saturated heterocycles. The molecule has 1 aliphatic carbocycles. The first kappa shape index (κ1) is 29.2. The molecule has 0 bridgehead atoms. The maximum atomic E-state index is 2.57. The fraction of sp³-hybridized carbons (Fsp3) is 0.302. The summed E-state index contributed by atoms with van der Waals surface area (Å²) in [4.78, 5) is 1.39. The Morgan fingerprint density at radius 2 is 0.864 bits per heavy atom. The molecular weight excluding hydrogens is 549 g/mol. The molecule has 0 amide bonds. The van der Waals surface area contributed by atoms with Crippen LogP contribution in [0.4, 0.5) is 0 Å². The van der Waals surface area contributed by atoms with E-state index in [4.69, 9.17) is 0 Å². The average molecular weight is 593 g/mol. The van der Waals surface area contributed by atoms with Crippen LogP contribution in [0, 0.1) is 83.1 Å². The molecule has 1 aliphatic heterocycles. The topological polar surface area (TPSA) is 0 Å². The van der Waals surface area contributed by atoms with Crippen LogP contribution in [-0.4, -0.2) is 0 Å². The van der Waals surface area contributed by atoms with Crippen LogP contribution >= 0.6 is 11.8 Å². The van der Waals surface area contributed by atoms with Crippen molar-refractivity contribution in [3.8, 4) is 22.3 Å². The van der Waals surface area contributed by atoms with E-state index in [2.05, 4.69) is 131 Å². The molecule has 7 rings (SSSR count). The first-order valence-corrected chi connectivity index (χ1v) is 16.9. The molecule has 5 aromatic rings. The van der Waals surface area contributed by atoms with E-state index in [-0.39, 0.29) is 0 Å². The van der Waals surface area contributed by atoms with Crippen LogP contribution in [0.25, 0.3) is 33.0 Å². The summed E-state index contributed by atoms with van der Waals surface area (Å²) in [5.74, 6) is 0. The number of thioether (sulfide) groups is 1. The molecule has 1 heteroatoms. The van der Waals surface area contributed by atoms with Crippen molar-refractivity contribution < 1.29 is 0 Å². The van der Waals surface area contributed by atoms with Crippen LogP contribution in [0.3, 0.4) is 0 Å². The Hall–Kier alpha value is -3.55. The number of allylic oxidation sites excluding steroid dienone is 1. The number of fused-ring (bicyclic) bond motifs is 11. The first-order chi connectivity index (χ1) is 20.9. The van der Waals surface area contributed by atoms with Gasteiger partial charge in [0.1, 0.15) is 0 Å². The second-order valence-electron chi connectivity index (χ2n) is 13.6. The van der Waals surface area contributed by atoms with Gasteiger partial charge in [0.15, 0.2) is 0 Å². The van der Waals surface area contributed by atoms with E-state index in [0.29, 0.717) is 0 Å². The van der Waals surface area contributed by atoms with E-state index in [1.165, 1.54) is 121 Å². The second-order valence-corrected chi connectivity index (χ2v) is 14.6. The molecule has 44 heavy (non-hydrogen) atoms. The summed E-state index contributed by atoms with van der Waals surface area (Å²) in [5, 5.41) is 5.06. The van der Waals surface area contributed by atoms with Crippen LogP contribution < -0.4 is 0 Å². The molecule has 2 aliphatic rings. The highest BCUT2D eigenvalue weighted by molar-refractivity contribution is 8.02. The van der Waals surface area contributed by atoms with E-state index in [1.54, 1.807) is 0 Å². The lowest BCUT2D eigenvalue weighted by Crippen LogP contribution is -2.33. The van der Waals surface area contributed by atoms with Gasteiger partial charge in [-0.3, -0.25) is 0 Å². The molecule has 0 atom stereocenters. The minimum absolute atomic E-state index is 0.435. The lowest BCUT2D eigenvalue weighted by atomic mass is 9.62. The number of hydrogen-bond acceptors (Lipinski definition) is 1. The Labute approximate surface area is 268 Å². The van der Waals surface area contributed by atoms with Crippen molar-refractivity contribution in [3.63, 3.8) is 0 Å². The van der Waals surface area contributed by atoms with Crippen LogP contribution in [0.2, 0.25) is 0 Å². The average Bonchev–Trinajstić information content (AvgIpc) is 3.14. The third-order valence-corrected chi connectivity index (χ3v) is 13.1. The summed E-state index contributed by atoms with van der Waals surface area (Å²) >= 11 is 1.89. The molecule has 0 saturated carbocycles. The van der Waals surface area contributed by atoms with Gasteiger partial charge in [0.05, 0.1) is 5.41 Å². The Morgan fingerprint density at radius 3 is 1.36 bits per heavy atom. The van der Waals surface area contributed by atoms with Crippen LogP contribution in [0.5, 0.6) is 0 Å². The van der Waals surface area contributed by atoms with Crippen molar-refractivity contribution in [2.24, 2.45) is 0 Å². The third-order valence-electron chi connectivity index (χ3n) is 12.2. The zero-order valence-corrected chi connectivity index (χ0v) is 29.3. The van der Waals surface area contributed by atoms with Gasteiger partial charge >= 0.3 is 0 Å². The molecule has 0 unspecified atom stereocenters. The Kier molecular flexibility index (Phi) is 6.45. The lowest BCUT2D eigenvalue weighted by Gasteiger charge is -2.42. The molecule has 1 spiro atoms. The molecular formula is C43H44S. The van der Waals surface area contributed by atoms with Crippen molar-refractivity contribution in [1.29, 1.82) is 0 Å². The summed E-state index contributed by atoms with van der Waals surface area (Å²) < 4.78 is 0. The van der Waals surface area contributed by atoms with Crippen molar-refractivity contribution in [2.45, 2.75) is 93.4 Å². The Balaban J connectivity index is 1.89. The van der Waals surface area contributed by atoms with Crippen LogP contribution in [-0.2, 0) is 5.41 Å². The molecule has 0 fully saturated rings. The highest BCUT2D eigenvalue weighted by Crippen LogP contribution is 2.62. The first-order valence-electron chi connectivity index (χ1n) is 16.0. The van der Waals surface area contributed by atoms with Gasteiger partial charge < -0.3 is 0 Å². The van der Waals surface area contributed by atoms with E-state index in [0.717, 1.165) is 0 Å². The summed E-state index contributed by atoms with van der Waals surface area (Å²) in [7, 11) is 0. The highest BCUT2D eigenvalue weighted by atomic mass is 32.2. The minimum Gasteiger partial charge on any atom is -0.0974 e. The largest absolute Gasteiger partial charge is 0.0974 e. The van der Waals surface area contributed by atoms with E-state index >= 15 is 0 Å². The van der Waals surface area contributed by atoms with Crippen molar-refractivity contribution >= 4 is 22.5 Å². The number of rotatable bonds is 0.